The molecule has 3 heterocycles. The molecule has 9 nitrogen and oxygen atoms in total. The van der Waals surface area contributed by atoms with Crippen LogP contribution in [0.3, 0.4) is 0 Å². The van der Waals surface area contributed by atoms with E-state index in [4.69, 9.17) is 0 Å². The first-order valence-corrected chi connectivity index (χ1v) is 14.8. The minimum Gasteiger partial charge on any atom is -0.350 e. The highest BCUT2D eigenvalue weighted by atomic mass is 79.9. The van der Waals surface area contributed by atoms with E-state index < -0.39 is 27.8 Å². The highest BCUT2D eigenvalue weighted by Crippen LogP contribution is 2.27. The van der Waals surface area contributed by atoms with Crippen LogP contribution in [0.15, 0.2) is 88.5 Å². The molecule has 1 aliphatic rings. The van der Waals surface area contributed by atoms with Crippen molar-refractivity contribution in [2.45, 2.75) is 36.9 Å². The van der Waals surface area contributed by atoms with Gasteiger partial charge in [-0.3, -0.25) is 9.78 Å². The largest absolute Gasteiger partial charge is 0.350 e. The summed E-state index contributed by atoms with van der Waals surface area (Å²) in [5.74, 6) is -0.567. The Labute approximate surface area is 240 Å². The molecule has 2 aromatic heterocycles. The van der Waals surface area contributed by atoms with Crippen LogP contribution < -0.4 is 10.6 Å². The fraction of sp³-hybridized carbons (Fsp3) is 0.214. The standard InChI is InChI=1S/C28H26BrFN6O3S/c29-21-7-5-20(6-8-21)25-15-23(34-28(35-25)33-17-19-3-1-13-31-16-19)18-32-27(37)26-4-2-14-36(26)40(38,39)24-11-9-22(30)10-12-24/h1,3,5-13,15-16,26H,2,4,14,17-18H2,(H,32,37)(H,33,34,35). The first-order valence-electron chi connectivity index (χ1n) is 12.6. The molecule has 40 heavy (non-hydrogen) atoms. The summed E-state index contributed by atoms with van der Waals surface area (Å²) in [6.45, 7) is 0.747. The number of rotatable bonds is 9. The zero-order chi connectivity index (χ0) is 28.1. The molecule has 5 rings (SSSR count). The molecule has 0 aliphatic carbocycles. The third-order valence-electron chi connectivity index (χ3n) is 6.46. The van der Waals surface area contributed by atoms with Crippen molar-refractivity contribution < 1.29 is 17.6 Å². The van der Waals surface area contributed by atoms with E-state index in [1.54, 1.807) is 18.5 Å². The molecule has 1 unspecified atom stereocenters. The summed E-state index contributed by atoms with van der Waals surface area (Å²) in [7, 11) is -3.96. The van der Waals surface area contributed by atoms with Gasteiger partial charge in [-0.1, -0.05) is 34.1 Å². The summed E-state index contributed by atoms with van der Waals surface area (Å²) in [5.41, 5.74) is 3.05. The van der Waals surface area contributed by atoms with E-state index in [0.29, 0.717) is 36.7 Å². The number of carbonyl (C=O) groups excluding carboxylic acids is 1. The number of halogens is 2. The van der Waals surface area contributed by atoms with Gasteiger partial charge in [0.1, 0.15) is 11.9 Å². The lowest BCUT2D eigenvalue weighted by molar-refractivity contribution is -0.124. The number of anilines is 1. The molecule has 0 spiro atoms. The second kappa shape index (κ2) is 12.2. The maximum Gasteiger partial charge on any atom is 0.243 e. The van der Waals surface area contributed by atoms with Crippen LogP contribution in [0, 0.1) is 5.82 Å². The lowest BCUT2D eigenvalue weighted by Gasteiger charge is -2.23. The van der Waals surface area contributed by atoms with Gasteiger partial charge in [0.05, 0.1) is 22.8 Å². The Morgan fingerprint density at radius 3 is 2.55 bits per heavy atom. The van der Waals surface area contributed by atoms with Crippen molar-refractivity contribution in [2.24, 2.45) is 0 Å². The van der Waals surface area contributed by atoms with Gasteiger partial charge in [-0.2, -0.15) is 4.31 Å². The Bertz CT molecular complexity index is 1590. The van der Waals surface area contributed by atoms with E-state index in [9.17, 15) is 17.6 Å². The monoisotopic (exact) mass is 624 g/mol. The minimum atomic E-state index is -3.96. The molecule has 206 valence electrons. The topological polar surface area (TPSA) is 117 Å². The van der Waals surface area contributed by atoms with Crippen LogP contribution in [0.5, 0.6) is 0 Å². The number of hydrogen-bond donors (Lipinski definition) is 2. The van der Waals surface area contributed by atoms with Gasteiger partial charge in [-0.25, -0.2) is 22.8 Å². The summed E-state index contributed by atoms with van der Waals surface area (Å²) in [5, 5.41) is 6.07. The molecule has 1 fully saturated rings. The number of amides is 1. The number of nitrogens with one attached hydrogen (secondary N) is 2. The van der Waals surface area contributed by atoms with Crippen LogP contribution >= 0.6 is 15.9 Å². The fourth-order valence-electron chi connectivity index (χ4n) is 4.45. The predicted molar refractivity (Wildman–Crippen MR) is 152 cm³/mol. The second-order valence-corrected chi connectivity index (χ2v) is 12.0. The van der Waals surface area contributed by atoms with Gasteiger partial charge in [0.25, 0.3) is 0 Å². The smallest absolute Gasteiger partial charge is 0.243 e. The number of aromatic nitrogens is 3. The van der Waals surface area contributed by atoms with Crippen molar-refractivity contribution in [1.82, 2.24) is 24.6 Å². The summed E-state index contributed by atoms with van der Waals surface area (Å²) < 4.78 is 41.8. The first kappa shape index (κ1) is 27.8. The molecule has 1 atom stereocenters. The zero-order valence-electron chi connectivity index (χ0n) is 21.3. The Kier molecular flexibility index (Phi) is 8.48. The molecule has 12 heteroatoms. The molecule has 1 saturated heterocycles. The molecule has 0 saturated carbocycles. The van der Waals surface area contributed by atoms with Gasteiger partial charge in [0.2, 0.25) is 21.9 Å². The van der Waals surface area contributed by atoms with Crippen LogP contribution in [0.2, 0.25) is 0 Å². The molecule has 0 radical (unpaired) electrons. The van der Waals surface area contributed by atoms with Crippen molar-refractivity contribution in [3.05, 3.63) is 101 Å². The molecule has 1 aliphatic heterocycles. The van der Waals surface area contributed by atoms with Crippen LogP contribution in [0.25, 0.3) is 11.3 Å². The molecule has 2 aromatic carbocycles. The number of carbonyl (C=O) groups is 1. The van der Waals surface area contributed by atoms with Crippen molar-refractivity contribution in [2.75, 3.05) is 11.9 Å². The van der Waals surface area contributed by atoms with Gasteiger partial charge in [-0.15, -0.1) is 0 Å². The summed E-state index contributed by atoms with van der Waals surface area (Å²) in [6, 6.07) is 17.0. The van der Waals surface area contributed by atoms with E-state index in [1.165, 1.54) is 16.4 Å². The maximum absolute atomic E-state index is 13.3. The second-order valence-electron chi connectivity index (χ2n) is 9.24. The molecule has 4 aromatic rings. The molecule has 0 bridgehead atoms. The number of sulfonamides is 1. The molecule has 1 amide bonds. The Hall–Kier alpha value is -3.74. The van der Waals surface area contributed by atoms with E-state index in [0.717, 1.165) is 27.7 Å². The van der Waals surface area contributed by atoms with E-state index in [2.05, 4.69) is 41.5 Å². The lowest BCUT2D eigenvalue weighted by atomic mass is 10.1. The van der Waals surface area contributed by atoms with Crippen molar-refractivity contribution >= 4 is 37.8 Å². The average molecular weight is 626 g/mol. The van der Waals surface area contributed by atoms with E-state index >= 15 is 0 Å². The quantitative estimate of drug-likeness (QED) is 0.281. The van der Waals surface area contributed by atoms with Crippen LogP contribution in [0.1, 0.15) is 24.1 Å². The number of nitrogens with zero attached hydrogens (tertiary/aromatic N) is 4. The highest BCUT2D eigenvalue weighted by Gasteiger charge is 2.39. The first-order chi connectivity index (χ1) is 19.3. The lowest BCUT2D eigenvalue weighted by Crippen LogP contribution is -2.45. The van der Waals surface area contributed by atoms with Crippen molar-refractivity contribution in [3.8, 4) is 11.3 Å². The fourth-order valence-corrected chi connectivity index (χ4v) is 6.37. The van der Waals surface area contributed by atoms with Gasteiger partial charge in [0.15, 0.2) is 0 Å². The normalized spacial score (nSPS) is 15.6. The van der Waals surface area contributed by atoms with Crippen molar-refractivity contribution in [1.29, 1.82) is 0 Å². The molecular weight excluding hydrogens is 599 g/mol. The minimum absolute atomic E-state index is 0.0483. The Morgan fingerprint density at radius 2 is 1.82 bits per heavy atom. The SMILES string of the molecule is O=C(NCc1cc(-c2ccc(Br)cc2)nc(NCc2cccnc2)n1)C1CCCN1S(=O)(=O)c1ccc(F)cc1. The third kappa shape index (κ3) is 6.52. The van der Waals surface area contributed by atoms with Crippen LogP contribution in [-0.4, -0.2) is 46.2 Å². The summed E-state index contributed by atoms with van der Waals surface area (Å²) >= 11 is 3.45. The Morgan fingerprint density at radius 1 is 1.05 bits per heavy atom. The van der Waals surface area contributed by atoms with E-state index in [-0.39, 0.29) is 18.0 Å². The zero-order valence-corrected chi connectivity index (χ0v) is 23.7. The van der Waals surface area contributed by atoms with Gasteiger partial charge in [-0.05, 0) is 66.9 Å². The van der Waals surface area contributed by atoms with Gasteiger partial charge in [0, 0.05) is 35.5 Å². The summed E-state index contributed by atoms with van der Waals surface area (Å²) in [4.78, 5) is 26.5. The maximum atomic E-state index is 13.3. The molecular formula is C28H26BrFN6O3S. The average Bonchev–Trinajstić information content (AvgIpc) is 3.47. The number of pyridine rings is 1. The van der Waals surface area contributed by atoms with Crippen LogP contribution in [-0.2, 0) is 27.9 Å². The Balaban J connectivity index is 1.33. The third-order valence-corrected chi connectivity index (χ3v) is 8.91. The molecule has 2 N–H and O–H groups in total. The summed E-state index contributed by atoms with van der Waals surface area (Å²) in [6.07, 6.45) is 4.38. The number of hydrogen-bond acceptors (Lipinski definition) is 7. The predicted octanol–water partition coefficient (Wildman–Crippen LogP) is 4.52. The highest BCUT2D eigenvalue weighted by molar-refractivity contribution is 9.10. The van der Waals surface area contributed by atoms with Gasteiger partial charge < -0.3 is 10.6 Å². The van der Waals surface area contributed by atoms with Gasteiger partial charge >= 0.3 is 0 Å². The van der Waals surface area contributed by atoms with Crippen molar-refractivity contribution in [3.63, 3.8) is 0 Å². The van der Waals surface area contributed by atoms with E-state index in [1.807, 2.05) is 36.4 Å². The van der Waals surface area contributed by atoms with Crippen LogP contribution in [0.4, 0.5) is 10.3 Å². The number of benzene rings is 2.